The fourth-order valence-electron chi connectivity index (χ4n) is 2.73. The predicted octanol–water partition coefficient (Wildman–Crippen LogP) is 3.28. The molecule has 1 rings (SSSR count). The number of hydrogen-bond donors (Lipinski definition) is 2. The summed E-state index contributed by atoms with van der Waals surface area (Å²) >= 11 is 5.36. The summed E-state index contributed by atoms with van der Waals surface area (Å²) in [6, 6.07) is 0. The largest absolute Gasteiger partial charge is 0.481 e. The van der Waals surface area contributed by atoms with Crippen molar-refractivity contribution in [3.05, 3.63) is 0 Å². The third kappa shape index (κ3) is 3.77. The molecule has 0 saturated heterocycles. The van der Waals surface area contributed by atoms with Gasteiger partial charge in [0.1, 0.15) is 6.42 Å². The number of carbonyl (C=O) groups is 2. The zero-order valence-electron chi connectivity index (χ0n) is 10.6. The molecule has 3 atom stereocenters. The average Bonchev–Trinajstić information content (AvgIpc) is 2.26. The summed E-state index contributed by atoms with van der Waals surface area (Å²) < 4.78 is 41.8. The summed E-state index contributed by atoms with van der Waals surface area (Å²) in [4.78, 5) is 21.1. The van der Waals surface area contributed by atoms with Gasteiger partial charge in [0.25, 0.3) is 0 Å². The minimum absolute atomic E-state index is 0.0210. The van der Waals surface area contributed by atoms with Crippen LogP contribution in [0.15, 0.2) is 0 Å². The van der Waals surface area contributed by atoms with Crippen LogP contribution in [0.3, 0.4) is 0 Å². The van der Waals surface area contributed by atoms with Gasteiger partial charge < -0.3 is 10.2 Å². The summed E-state index contributed by atoms with van der Waals surface area (Å²) in [6.45, 7) is 0. The minimum atomic E-state index is -4.25. The van der Waals surface area contributed by atoms with Crippen molar-refractivity contribution in [1.82, 2.24) is 0 Å². The van der Waals surface area contributed by atoms with Gasteiger partial charge in [-0.1, -0.05) is 24.4 Å². The molecule has 3 unspecified atom stereocenters. The smallest absolute Gasteiger partial charge is 0.309 e. The summed E-state index contributed by atoms with van der Waals surface area (Å²) in [5.74, 6) is -9.51. The van der Waals surface area contributed by atoms with Gasteiger partial charge in [-0.3, -0.25) is 9.59 Å². The molecule has 2 N–H and O–H groups in total. The van der Waals surface area contributed by atoms with Gasteiger partial charge in [0.2, 0.25) is 5.13 Å². The maximum absolute atomic E-state index is 14.4. The van der Waals surface area contributed by atoms with Crippen LogP contribution in [0, 0.1) is 11.8 Å². The fourth-order valence-corrected chi connectivity index (χ4v) is 3.09. The second-order valence-electron chi connectivity index (χ2n) is 5.15. The maximum atomic E-state index is 14.4. The van der Waals surface area contributed by atoms with E-state index in [1.165, 1.54) is 0 Å². The van der Waals surface area contributed by atoms with E-state index in [0.717, 1.165) is 0 Å². The molecule has 4 nitrogen and oxygen atoms in total. The highest BCUT2D eigenvalue weighted by Crippen LogP contribution is 2.51. The number of hydrogen-bond acceptors (Lipinski definition) is 2. The number of carboxylic acids is 2. The Morgan fingerprint density at radius 2 is 1.65 bits per heavy atom. The first-order valence-electron chi connectivity index (χ1n) is 6.27. The van der Waals surface area contributed by atoms with Gasteiger partial charge in [-0.05, 0) is 18.8 Å². The monoisotopic (exact) mass is 316 g/mol. The highest BCUT2D eigenvalue weighted by atomic mass is 35.5. The molecule has 0 amide bonds. The number of alkyl halides is 4. The fraction of sp³-hybridized carbons (Fsp3) is 0.833. The predicted molar refractivity (Wildman–Crippen MR) is 64.6 cm³/mol. The summed E-state index contributed by atoms with van der Waals surface area (Å²) in [6.07, 6.45) is -0.782. The molecular formula is C12H16ClF3O4. The normalized spacial score (nSPS) is 26.8. The Hall–Kier alpha value is -0.980. The Morgan fingerprint density at radius 3 is 2.15 bits per heavy atom. The Balaban J connectivity index is 2.96. The molecular weight excluding hydrogens is 301 g/mol. The highest BCUT2D eigenvalue weighted by molar-refractivity contribution is 6.24. The van der Waals surface area contributed by atoms with E-state index in [1.54, 1.807) is 0 Å². The second kappa shape index (κ2) is 6.20. The molecule has 0 aromatic carbocycles. The molecule has 0 heterocycles. The summed E-state index contributed by atoms with van der Waals surface area (Å²) in [5, 5.41) is 13.6. The molecule has 0 aliphatic heterocycles. The first-order valence-corrected chi connectivity index (χ1v) is 6.65. The SMILES string of the molecule is O=C(O)CC1CCCCC1C(F)(Cl)C(F)(F)CC(=O)O. The lowest BCUT2D eigenvalue weighted by molar-refractivity contribution is -0.167. The van der Waals surface area contributed by atoms with E-state index < -0.39 is 47.7 Å². The molecule has 0 aromatic heterocycles. The Kier molecular flexibility index (Phi) is 5.29. The topological polar surface area (TPSA) is 74.6 Å². The van der Waals surface area contributed by atoms with E-state index in [2.05, 4.69) is 0 Å². The molecule has 0 radical (unpaired) electrons. The minimum Gasteiger partial charge on any atom is -0.481 e. The number of aliphatic carboxylic acids is 2. The van der Waals surface area contributed by atoms with Crippen LogP contribution in [0.25, 0.3) is 0 Å². The third-order valence-corrected chi connectivity index (χ3v) is 4.23. The van der Waals surface area contributed by atoms with E-state index in [9.17, 15) is 22.8 Å². The Bertz CT molecular complexity index is 387. The van der Waals surface area contributed by atoms with Gasteiger partial charge in [-0.25, -0.2) is 13.2 Å². The van der Waals surface area contributed by atoms with Crippen molar-refractivity contribution in [2.75, 3.05) is 0 Å². The first-order chi connectivity index (χ1) is 9.08. The Labute approximate surface area is 118 Å². The molecule has 1 fully saturated rings. The molecule has 1 aliphatic rings. The van der Waals surface area contributed by atoms with Gasteiger partial charge in [0.05, 0.1) is 0 Å². The van der Waals surface area contributed by atoms with Gasteiger partial charge >= 0.3 is 17.9 Å². The zero-order chi connectivity index (χ0) is 15.6. The van der Waals surface area contributed by atoms with Crippen molar-refractivity contribution < 1.29 is 33.0 Å². The van der Waals surface area contributed by atoms with Gasteiger partial charge in [-0.15, -0.1) is 0 Å². The van der Waals surface area contributed by atoms with Crippen LogP contribution in [-0.2, 0) is 9.59 Å². The van der Waals surface area contributed by atoms with E-state index in [-0.39, 0.29) is 6.42 Å². The lowest BCUT2D eigenvalue weighted by atomic mass is 9.73. The molecule has 1 saturated carbocycles. The second-order valence-corrected chi connectivity index (χ2v) is 5.70. The van der Waals surface area contributed by atoms with Crippen molar-refractivity contribution in [3.8, 4) is 0 Å². The Morgan fingerprint density at radius 1 is 1.10 bits per heavy atom. The van der Waals surface area contributed by atoms with Crippen LogP contribution in [-0.4, -0.2) is 33.2 Å². The first kappa shape index (κ1) is 17.1. The van der Waals surface area contributed by atoms with Crippen molar-refractivity contribution in [1.29, 1.82) is 0 Å². The third-order valence-electron chi connectivity index (χ3n) is 3.67. The van der Waals surface area contributed by atoms with Crippen molar-refractivity contribution >= 4 is 23.5 Å². The molecule has 1 aliphatic carbocycles. The molecule has 0 bridgehead atoms. The average molecular weight is 317 g/mol. The van der Waals surface area contributed by atoms with Crippen molar-refractivity contribution in [2.24, 2.45) is 11.8 Å². The molecule has 0 aromatic rings. The number of carboxylic acid groups (broad SMARTS) is 2. The van der Waals surface area contributed by atoms with Gasteiger partial charge in [-0.2, -0.15) is 0 Å². The molecule has 8 heteroatoms. The van der Waals surface area contributed by atoms with Gasteiger partial charge in [0, 0.05) is 12.3 Å². The van der Waals surface area contributed by atoms with Crippen LogP contribution < -0.4 is 0 Å². The lowest BCUT2D eigenvalue weighted by Gasteiger charge is -2.40. The van der Waals surface area contributed by atoms with Crippen molar-refractivity contribution in [2.45, 2.75) is 49.6 Å². The van der Waals surface area contributed by atoms with Gasteiger partial charge in [0.15, 0.2) is 0 Å². The zero-order valence-corrected chi connectivity index (χ0v) is 11.4. The van der Waals surface area contributed by atoms with Crippen LogP contribution in [0.4, 0.5) is 13.2 Å². The van der Waals surface area contributed by atoms with Crippen molar-refractivity contribution in [3.63, 3.8) is 0 Å². The standard InChI is InChI=1S/C12H16ClF3O4/c13-12(16,11(14,15)6-10(19)20)8-4-2-1-3-7(8)5-9(17)18/h7-8H,1-6H2,(H,17,18)(H,19,20). The summed E-state index contributed by atoms with van der Waals surface area (Å²) in [7, 11) is 0. The van der Waals surface area contributed by atoms with Crippen LogP contribution in [0.1, 0.15) is 38.5 Å². The van der Waals surface area contributed by atoms with Crippen LogP contribution in [0.2, 0.25) is 0 Å². The van der Waals surface area contributed by atoms with E-state index in [0.29, 0.717) is 19.3 Å². The van der Waals surface area contributed by atoms with Crippen LogP contribution in [0.5, 0.6) is 0 Å². The quantitative estimate of drug-likeness (QED) is 0.737. The molecule has 0 spiro atoms. The van der Waals surface area contributed by atoms with E-state index in [1.807, 2.05) is 0 Å². The lowest BCUT2D eigenvalue weighted by Crippen LogP contribution is -2.50. The molecule has 20 heavy (non-hydrogen) atoms. The summed E-state index contributed by atoms with van der Waals surface area (Å²) in [5.41, 5.74) is 0. The molecule has 116 valence electrons. The van der Waals surface area contributed by atoms with Crippen LogP contribution >= 0.6 is 11.6 Å². The highest BCUT2D eigenvalue weighted by Gasteiger charge is 2.61. The maximum Gasteiger partial charge on any atom is 0.309 e. The van der Waals surface area contributed by atoms with E-state index >= 15 is 0 Å². The number of rotatable bonds is 6. The van der Waals surface area contributed by atoms with E-state index in [4.69, 9.17) is 21.8 Å². The number of halogens is 4.